The molecule has 1 fully saturated rings. The molecule has 1 heterocycles. The molecule has 2 aromatic rings. The van der Waals surface area contributed by atoms with E-state index >= 15 is 0 Å². The summed E-state index contributed by atoms with van der Waals surface area (Å²) in [7, 11) is 0. The van der Waals surface area contributed by atoms with Crippen LogP contribution in [0.4, 0.5) is 26.3 Å². The van der Waals surface area contributed by atoms with Crippen molar-refractivity contribution in [2.45, 2.75) is 37.5 Å². The molecule has 33 heavy (non-hydrogen) atoms. The number of ether oxygens (including phenoxy) is 2. The summed E-state index contributed by atoms with van der Waals surface area (Å²) in [5.74, 6) is -1.32. The number of nitrogens with zero attached hydrogens (tertiary/aromatic N) is 1. The van der Waals surface area contributed by atoms with Gasteiger partial charge in [-0.2, -0.15) is 26.3 Å². The summed E-state index contributed by atoms with van der Waals surface area (Å²) >= 11 is 0. The average molecular weight is 478 g/mol. The Labute approximate surface area is 184 Å². The minimum atomic E-state index is -4.99. The first kappa shape index (κ1) is 25.0. The molecule has 3 rings (SSSR count). The van der Waals surface area contributed by atoms with Crippen molar-refractivity contribution < 1.29 is 45.7 Å². The van der Waals surface area contributed by atoms with Crippen molar-refractivity contribution in [2.24, 2.45) is 5.73 Å². The van der Waals surface area contributed by atoms with Gasteiger partial charge in [0.15, 0.2) is 12.5 Å². The third-order valence-electron chi connectivity index (χ3n) is 5.06. The molecule has 0 aromatic heterocycles. The Morgan fingerprint density at radius 1 is 1.09 bits per heavy atom. The van der Waals surface area contributed by atoms with Crippen molar-refractivity contribution in [2.75, 3.05) is 13.2 Å². The van der Waals surface area contributed by atoms with Crippen LogP contribution in [0.15, 0.2) is 48.5 Å². The number of nitrogens with two attached hydrogens (primary N) is 1. The molecule has 0 radical (unpaired) electrons. The number of rotatable bonds is 6. The van der Waals surface area contributed by atoms with E-state index in [1.165, 1.54) is 4.90 Å². The fourth-order valence-electron chi connectivity index (χ4n) is 3.53. The zero-order chi connectivity index (χ0) is 24.4. The molecular formula is C21H20F6N2O4. The molecule has 12 heteroatoms. The van der Waals surface area contributed by atoms with Crippen molar-refractivity contribution in [3.05, 3.63) is 70.8 Å². The molecule has 0 amide bonds. The summed E-state index contributed by atoms with van der Waals surface area (Å²) in [6.45, 7) is -0.531. The highest BCUT2D eigenvalue weighted by atomic mass is 19.4. The van der Waals surface area contributed by atoms with Crippen LogP contribution in [0.5, 0.6) is 0 Å². The van der Waals surface area contributed by atoms with E-state index < -0.39 is 54.6 Å². The van der Waals surface area contributed by atoms with Gasteiger partial charge in [-0.3, -0.25) is 4.90 Å². The van der Waals surface area contributed by atoms with E-state index in [2.05, 4.69) is 0 Å². The van der Waals surface area contributed by atoms with E-state index in [-0.39, 0.29) is 24.8 Å². The molecule has 0 bridgehead atoms. The number of hydrogen-bond donors (Lipinski definition) is 2. The molecule has 2 aromatic carbocycles. The fourth-order valence-corrected chi connectivity index (χ4v) is 3.53. The quantitative estimate of drug-likeness (QED) is 0.611. The smallest absolute Gasteiger partial charge is 0.416 e. The molecule has 0 spiro atoms. The van der Waals surface area contributed by atoms with Crippen molar-refractivity contribution in [1.29, 1.82) is 0 Å². The molecule has 1 aliphatic rings. The van der Waals surface area contributed by atoms with Crippen LogP contribution in [-0.2, 0) is 33.2 Å². The van der Waals surface area contributed by atoms with Gasteiger partial charge in [-0.25, -0.2) is 4.79 Å². The van der Waals surface area contributed by atoms with Crippen LogP contribution in [-0.4, -0.2) is 41.6 Å². The Balaban J connectivity index is 1.90. The third-order valence-corrected chi connectivity index (χ3v) is 5.06. The molecule has 1 aliphatic heterocycles. The van der Waals surface area contributed by atoms with E-state index in [4.69, 9.17) is 15.2 Å². The Bertz CT molecular complexity index is 935. The maximum atomic E-state index is 13.1. The monoisotopic (exact) mass is 478 g/mol. The lowest BCUT2D eigenvalue weighted by atomic mass is 10.0. The minimum Gasteiger partial charge on any atom is -0.479 e. The minimum absolute atomic E-state index is 0.00856. The Morgan fingerprint density at radius 2 is 1.67 bits per heavy atom. The van der Waals surface area contributed by atoms with E-state index in [1.807, 2.05) is 0 Å². The third kappa shape index (κ3) is 6.02. The second kappa shape index (κ2) is 9.67. The first-order valence-electron chi connectivity index (χ1n) is 9.68. The molecular weight excluding hydrogens is 458 g/mol. The van der Waals surface area contributed by atoms with Crippen LogP contribution in [0.1, 0.15) is 28.3 Å². The summed E-state index contributed by atoms with van der Waals surface area (Å²) in [5, 5.41) is 9.35. The first-order chi connectivity index (χ1) is 15.4. The highest BCUT2D eigenvalue weighted by Crippen LogP contribution is 2.37. The average Bonchev–Trinajstić information content (AvgIpc) is 2.76. The maximum Gasteiger partial charge on any atom is 0.416 e. The first-order valence-corrected chi connectivity index (χ1v) is 9.68. The lowest BCUT2D eigenvalue weighted by Gasteiger charge is -2.42. The van der Waals surface area contributed by atoms with Crippen molar-refractivity contribution in [1.82, 2.24) is 4.90 Å². The second-order valence-corrected chi connectivity index (χ2v) is 7.34. The Morgan fingerprint density at radius 3 is 2.18 bits per heavy atom. The number of halogens is 6. The van der Waals surface area contributed by atoms with Crippen LogP contribution < -0.4 is 5.73 Å². The van der Waals surface area contributed by atoms with Gasteiger partial charge in [0.05, 0.1) is 30.4 Å². The number of carboxylic acid groups (broad SMARTS) is 1. The highest BCUT2D eigenvalue weighted by Gasteiger charge is 2.40. The van der Waals surface area contributed by atoms with Crippen LogP contribution >= 0.6 is 0 Å². The normalized spacial score (nSPS) is 21.1. The van der Waals surface area contributed by atoms with Crippen LogP contribution in [0.3, 0.4) is 0 Å². The maximum absolute atomic E-state index is 13.1. The summed E-state index contributed by atoms with van der Waals surface area (Å²) in [5.41, 5.74) is 3.05. The van der Waals surface area contributed by atoms with Gasteiger partial charge in [0, 0.05) is 6.54 Å². The number of alkyl halides is 6. The van der Waals surface area contributed by atoms with Crippen LogP contribution in [0.2, 0.25) is 0 Å². The van der Waals surface area contributed by atoms with E-state index in [0.29, 0.717) is 17.7 Å². The molecule has 3 atom stereocenters. The largest absolute Gasteiger partial charge is 0.479 e. The zero-order valence-electron chi connectivity index (χ0n) is 16.9. The zero-order valence-corrected chi connectivity index (χ0v) is 16.9. The predicted octanol–water partition coefficient (Wildman–Crippen LogP) is 4.01. The molecule has 0 saturated carbocycles. The number of carbonyl (C=O) groups is 1. The number of hydrogen-bond acceptors (Lipinski definition) is 5. The number of aliphatic carboxylic acids is 1. The van der Waals surface area contributed by atoms with Crippen molar-refractivity contribution in [3.63, 3.8) is 0 Å². The van der Waals surface area contributed by atoms with E-state index in [9.17, 15) is 36.2 Å². The molecule has 3 N–H and O–H groups in total. The Kier molecular flexibility index (Phi) is 7.32. The fraction of sp³-hybridized carbons (Fsp3) is 0.381. The summed E-state index contributed by atoms with van der Waals surface area (Å²) in [4.78, 5) is 12.9. The van der Waals surface area contributed by atoms with Crippen LogP contribution in [0.25, 0.3) is 0 Å². The van der Waals surface area contributed by atoms with Crippen molar-refractivity contribution >= 4 is 5.97 Å². The van der Waals surface area contributed by atoms with Crippen LogP contribution in [0, 0.1) is 0 Å². The van der Waals surface area contributed by atoms with Gasteiger partial charge in [-0.05, 0) is 29.3 Å². The van der Waals surface area contributed by atoms with Gasteiger partial charge in [-0.15, -0.1) is 0 Å². The lowest BCUT2D eigenvalue weighted by molar-refractivity contribution is -0.223. The van der Waals surface area contributed by atoms with Crippen molar-refractivity contribution in [3.8, 4) is 0 Å². The van der Waals surface area contributed by atoms with Gasteiger partial charge in [0.2, 0.25) is 0 Å². The summed E-state index contributed by atoms with van der Waals surface area (Å²) < 4.78 is 89.9. The lowest BCUT2D eigenvalue weighted by Crippen LogP contribution is -2.56. The molecule has 1 unspecified atom stereocenters. The van der Waals surface area contributed by atoms with Gasteiger partial charge in [0.1, 0.15) is 0 Å². The number of benzene rings is 2. The number of morpholine rings is 1. The Hall–Kier alpha value is -2.67. The van der Waals surface area contributed by atoms with E-state index in [1.54, 1.807) is 30.3 Å². The van der Waals surface area contributed by atoms with Gasteiger partial charge >= 0.3 is 18.3 Å². The molecule has 180 valence electrons. The SMILES string of the molecule is NC(C(=O)O)N1CCO[C@H](OCc2cc(C(F)(F)F)cc(C(F)(F)F)c2)[C@H]1c1ccccc1. The molecule has 6 nitrogen and oxygen atoms in total. The molecule has 1 saturated heterocycles. The highest BCUT2D eigenvalue weighted by molar-refractivity contribution is 5.72. The number of carboxylic acids is 1. The predicted molar refractivity (Wildman–Crippen MR) is 102 cm³/mol. The topological polar surface area (TPSA) is 85.0 Å². The molecule has 0 aliphatic carbocycles. The van der Waals surface area contributed by atoms with Gasteiger partial charge in [0.25, 0.3) is 0 Å². The summed E-state index contributed by atoms with van der Waals surface area (Å²) in [6, 6.07) is 8.67. The standard InChI is InChI=1S/C21H20F6N2O4/c22-20(23,24)14-8-12(9-15(10-14)21(25,26)27)11-33-19-16(13-4-2-1-3-5-13)29(6-7-32-19)17(28)18(30)31/h1-5,8-10,16-17,19H,6-7,11,28H2,(H,30,31)/t16-,17?,19-/m1/s1. The second-order valence-electron chi connectivity index (χ2n) is 7.34. The van der Waals surface area contributed by atoms with Gasteiger partial charge < -0.3 is 20.3 Å². The van der Waals surface area contributed by atoms with Gasteiger partial charge in [-0.1, -0.05) is 30.3 Å². The summed E-state index contributed by atoms with van der Waals surface area (Å²) in [6.07, 6.45) is -12.6. The van der Waals surface area contributed by atoms with E-state index in [0.717, 1.165) is 0 Å².